The minimum Gasteiger partial charge on any atom is -0.744 e. The molecule has 0 saturated carbocycles. The molecule has 324 valence electrons. The van der Waals surface area contributed by atoms with Crippen LogP contribution in [0.2, 0.25) is 0 Å². The van der Waals surface area contributed by atoms with Crippen molar-refractivity contribution in [3.8, 4) is 11.5 Å². The van der Waals surface area contributed by atoms with Crippen molar-refractivity contribution in [1.82, 2.24) is 0 Å². The summed E-state index contributed by atoms with van der Waals surface area (Å²) in [6, 6.07) is 16.7. The number of hydrogen-bond donors (Lipinski definition) is 0. The molecular formula is C39H30N4Na4O15S4. The Kier molecular flexibility index (Phi) is 21.6. The zero-order valence-corrected chi connectivity index (χ0v) is 47.8. The fraction of sp³-hybridized carbons (Fsp3) is 0.154. The molecular weight excluding hydrogens is 985 g/mol. The molecule has 0 fully saturated rings. The molecule has 0 aliphatic rings. The van der Waals surface area contributed by atoms with Crippen molar-refractivity contribution in [3.05, 3.63) is 107 Å². The minimum atomic E-state index is -5.16. The molecule has 0 N–H and O–H groups in total. The first-order valence-corrected chi connectivity index (χ1v) is 23.2. The summed E-state index contributed by atoms with van der Waals surface area (Å²) in [5, 5.41) is 15.1. The van der Waals surface area contributed by atoms with Crippen molar-refractivity contribution in [1.29, 1.82) is 0 Å². The Hall–Kier alpha value is -2.05. The van der Waals surface area contributed by atoms with Crippen molar-refractivity contribution in [2.45, 2.75) is 46.3 Å². The second-order valence-electron chi connectivity index (χ2n) is 13.6. The third kappa shape index (κ3) is 14.1. The monoisotopic (exact) mass is 1010 g/mol. The van der Waals surface area contributed by atoms with Gasteiger partial charge in [0.15, 0.2) is 0 Å². The predicted octanol–water partition coefficient (Wildman–Crippen LogP) is -5.56. The fourth-order valence-electron chi connectivity index (χ4n) is 6.64. The summed E-state index contributed by atoms with van der Waals surface area (Å²) in [6.45, 7) is 3.28. The molecule has 0 amide bonds. The first-order chi connectivity index (χ1) is 28.9. The molecule has 0 spiro atoms. The van der Waals surface area contributed by atoms with Gasteiger partial charge in [-0.2, -0.15) is 20.5 Å². The normalized spacial score (nSPS) is 12.0. The van der Waals surface area contributed by atoms with E-state index in [0.29, 0.717) is 22.3 Å². The van der Waals surface area contributed by atoms with E-state index in [1.54, 1.807) is 26.0 Å². The molecule has 27 heteroatoms. The van der Waals surface area contributed by atoms with Gasteiger partial charge in [0.1, 0.15) is 57.8 Å². The minimum absolute atomic E-state index is 0. The van der Waals surface area contributed by atoms with Gasteiger partial charge in [0.2, 0.25) is 0 Å². The van der Waals surface area contributed by atoms with Gasteiger partial charge in [-0.05, 0) is 73.5 Å². The van der Waals surface area contributed by atoms with E-state index in [2.05, 4.69) is 20.5 Å². The molecule has 19 nitrogen and oxygen atoms in total. The average Bonchev–Trinajstić information content (AvgIpc) is 3.17. The van der Waals surface area contributed by atoms with Gasteiger partial charge < -0.3 is 27.7 Å². The van der Waals surface area contributed by atoms with E-state index in [-0.39, 0.29) is 193 Å². The quantitative estimate of drug-likeness (QED) is 0.0558. The summed E-state index contributed by atoms with van der Waals surface area (Å²) < 4.78 is 155. The largest absolute Gasteiger partial charge is 1.00 e. The summed E-state index contributed by atoms with van der Waals surface area (Å²) in [4.78, 5) is 10.4. The number of hydrogen-bond acceptors (Lipinski definition) is 19. The van der Waals surface area contributed by atoms with Crippen molar-refractivity contribution in [2.24, 2.45) is 20.5 Å². The van der Waals surface area contributed by atoms with Crippen molar-refractivity contribution in [3.63, 3.8) is 0 Å². The Morgan fingerprint density at radius 3 is 1.11 bits per heavy atom. The van der Waals surface area contributed by atoms with Crippen LogP contribution in [-0.2, 0) is 58.1 Å². The number of ketones is 1. The Labute approximate surface area is 468 Å². The SMILES string of the molecule is COc1cc(N=Nc2cc(S(=O)(=O)[O-])c3cccc(S(=O)(=O)[O-])c3c2)c(C)cc1CC(=O)Cc1cc(C)c(N=Nc2cc(S(=O)(=O)[O-])c3cccc(S(=O)(=O)[O-])c3c2)cc1OC.[Na+].[Na+].[Na+].[Na+]. The van der Waals surface area contributed by atoms with Crippen LogP contribution < -0.4 is 128 Å². The number of ether oxygens (including phenoxy) is 2. The molecule has 6 aromatic carbocycles. The van der Waals surface area contributed by atoms with Gasteiger partial charge in [-0.25, -0.2) is 33.7 Å². The summed E-state index contributed by atoms with van der Waals surface area (Å²) in [5.74, 6) is 0.154. The van der Waals surface area contributed by atoms with Crippen LogP contribution in [0.3, 0.4) is 0 Å². The van der Waals surface area contributed by atoms with Gasteiger partial charge in [-0.15, -0.1) is 0 Å². The maximum Gasteiger partial charge on any atom is 1.00 e. The number of fused-ring (bicyclic) bond motifs is 2. The number of Topliss-reactive ketones (excluding diaryl/α,β-unsaturated/α-hetero) is 1. The second-order valence-corrected chi connectivity index (χ2v) is 19.0. The van der Waals surface area contributed by atoms with Crippen LogP contribution in [-0.4, -0.2) is 71.9 Å². The van der Waals surface area contributed by atoms with Crippen LogP contribution in [0, 0.1) is 13.8 Å². The molecule has 0 radical (unpaired) electrons. The topological polar surface area (TPSA) is 314 Å². The molecule has 0 aromatic heterocycles. The van der Waals surface area contributed by atoms with Gasteiger partial charge >= 0.3 is 118 Å². The molecule has 0 bridgehead atoms. The van der Waals surface area contributed by atoms with Crippen LogP contribution >= 0.6 is 0 Å². The number of carbonyl (C=O) groups is 1. The molecule has 6 rings (SSSR count). The summed E-state index contributed by atoms with van der Waals surface area (Å²) in [5.41, 5.74) is 1.77. The molecule has 0 unspecified atom stereocenters. The Bertz CT molecular complexity index is 3170. The van der Waals surface area contributed by atoms with Gasteiger partial charge in [-0.1, -0.05) is 24.3 Å². The zero-order chi connectivity index (χ0) is 45.5. The van der Waals surface area contributed by atoms with E-state index in [0.717, 1.165) is 48.5 Å². The molecule has 6 aromatic rings. The van der Waals surface area contributed by atoms with E-state index >= 15 is 0 Å². The third-order valence-electron chi connectivity index (χ3n) is 9.40. The Morgan fingerprint density at radius 2 is 0.803 bits per heavy atom. The molecule has 0 atom stereocenters. The van der Waals surface area contributed by atoms with E-state index in [9.17, 15) is 56.7 Å². The van der Waals surface area contributed by atoms with Crippen molar-refractivity contribution in [2.75, 3.05) is 14.2 Å². The second kappa shape index (κ2) is 23.7. The van der Waals surface area contributed by atoms with Crippen LogP contribution in [0.4, 0.5) is 22.7 Å². The Balaban J connectivity index is 0.00000374. The van der Waals surface area contributed by atoms with Gasteiger partial charge in [0.25, 0.3) is 0 Å². The fourth-order valence-corrected chi connectivity index (χ4v) is 9.43. The first-order valence-electron chi connectivity index (χ1n) is 17.6. The number of aryl methyl sites for hydroxylation is 2. The Morgan fingerprint density at radius 1 is 0.470 bits per heavy atom. The van der Waals surface area contributed by atoms with Gasteiger partial charge in [0, 0.05) is 57.6 Å². The van der Waals surface area contributed by atoms with E-state index in [1.807, 2.05) is 0 Å². The average molecular weight is 1010 g/mol. The molecule has 66 heavy (non-hydrogen) atoms. The smallest absolute Gasteiger partial charge is 0.744 e. The number of rotatable bonds is 14. The van der Waals surface area contributed by atoms with Gasteiger partial charge in [-0.3, -0.25) is 4.79 Å². The predicted molar refractivity (Wildman–Crippen MR) is 216 cm³/mol. The van der Waals surface area contributed by atoms with E-state index in [4.69, 9.17) is 9.47 Å². The van der Waals surface area contributed by atoms with Gasteiger partial charge in [0.05, 0.1) is 56.6 Å². The maximum atomic E-state index is 13.5. The third-order valence-corrected chi connectivity index (χ3v) is 12.9. The number of benzene rings is 6. The van der Waals surface area contributed by atoms with E-state index < -0.39 is 60.1 Å². The van der Waals surface area contributed by atoms with Crippen LogP contribution in [0.5, 0.6) is 11.5 Å². The number of carbonyl (C=O) groups excluding carboxylic acids is 1. The standard InChI is InChI=1S/C39H34N4O15S4.4Na/c1-21-11-23(34(57-3)19-32(21)42-40-25-15-30-28(38(17-25)61(51,52)53)7-5-9-36(30)59(45,46)47)13-27(44)14-24-12-22(2)33(20-35(24)58-4)43-41-26-16-31-29(39(18-26)62(54,55)56)8-6-10-37(31)60(48,49)50;;;;/h5-12,15-20H,13-14H2,1-4H3,(H,45,46,47)(H,48,49,50)(H,51,52,53)(H,54,55,56);;;;/q;4*+1/p-4. The number of methoxy groups -OCH3 is 2. The van der Waals surface area contributed by atoms with Crippen molar-refractivity contribution < 1.29 is 184 Å². The molecule has 0 saturated heterocycles. The number of azo groups is 2. The summed E-state index contributed by atoms with van der Waals surface area (Å²) in [6.07, 6.45) is -0.276. The zero-order valence-electron chi connectivity index (χ0n) is 36.5. The molecule has 0 aliphatic carbocycles. The first kappa shape index (κ1) is 60.1. The number of nitrogens with zero attached hydrogens (tertiary/aromatic N) is 4. The molecule has 0 aliphatic heterocycles. The summed E-state index contributed by atoms with van der Waals surface area (Å²) >= 11 is 0. The maximum absolute atomic E-state index is 13.5. The van der Waals surface area contributed by atoms with E-state index in [1.165, 1.54) is 38.5 Å². The van der Waals surface area contributed by atoms with Crippen LogP contribution in [0.1, 0.15) is 22.3 Å². The van der Waals surface area contributed by atoms with Crippen LogP contribution in [0.15, 0.2) is 125 Å². The van der Waals surface area contributed by atoms with Crippen molar-refractivity contribution >= 4 is 90.6 Å². The molecule has 0 heterocycles. The van der Waals surface area contributed by atoms with Crippen LogP contribution in [0.25, 0.3) is 21.5 Å². The summed E-state index contributed by atoms with van der Waals surface area (Å²) in [7, 11) is -17.8.